The molecule has 0 heterocycles. The monoisotopic (exact) mass is 778 g/mol. The van der Waals surface area contributed by atoms with Crippen molar-refractivity contribution in [1.29, 1.82) is 0 Å². The summed E-state index contributed by atoms with van der Waals surface area (Å²) in [6.45, 7) is 14.5. The Bertz CT molecular complexity index is 1610. The summed E-state index contributed by atoms with van der Waals surface area (Å²) >= 11 is 0. The minimum absolute atomic E-state index is 0.0240. The van der Waals surface area contributed by atoms with E-state index in [0.717, 1.165) is 30.7 Å². The molecule has 0 aliphatic heterocycles. The lowest BCUT2D eigenvalue weighted by Gasteiger charge is -2.30. The van der Waals surface area contributed by atoms with E-state index >= 15 is 0 Å². The van der Waals surface area contributed by atoms with Crippen LogP contribution in [0.25, 0.3) is 0 Å². The van der Waals surface area contributed by atoms with Crippen LogP contribution in [-0.2, 0) is 46.4 Å². The standard InChI is InChI=1S/C39H56F2N4O10/c1-24(46)53-33(31(45-36(50)55-38(5,6)7)21-52-20-25-11-14-29(51-10)15-12-25)34(48)43-23-39(8,9)22-42-32(47)19-28(44-35(49)54-37(2,3)4)18-26-17-27(40)13-16-30(26)41/h11-17,28,31,33H,18-23H2,1-10H3,(H,42,47)(H,43,48)(H,44,49)(H,45,50)/t28-,31-,33+/m1/s1. The van der Waals surface area contributed by atoms with E-state index in [-0.39, 0.29) is 44.7 Å². The lowest BCUT2D eigenvalue weighted by molar-refractivity contribution is -0.157. The average Bonchev–Trinajstić information content (AvgIpc) is 3.05. The highest BCUT2D eigenvalue weighted by Crippen LogP contribution is 2.18. The lowest BCUT2D eigenvalue weighted by atomic mass is 9.93. The van der Waals surface area contributed by atoms with Gasteiger partial charge in [0.1, 0.15) is 34.6 Å². The molecule has 0 saturated carbocycles. The van der Waals surface area contributed by atoms with Gasteiger partial charge in [0.05, 0.1) is 20.3 Å². The van der Waals surface area contributed by atoms with Crippen molar-refractivity contribution in [2.24, 2.45) is 5.41 Å². The summed E-state index contributed by atoms with van der Waals surface area (Å²) in [7, 11) is 1.54. The Morgan fingerprint density at radius 1 is 0.782 bits per heavy atom. The smallest absolute Gasteiger partial charge is 0.408 e. The molecule has 55 heavy (non-hydrogen) atoms. The molecule has 2 aromatic rings. The van der Waals surface area contributed by atoms with E-state index in [4.69, 9.17) is 23.7 Å². The molecular weight excluding hydrogens is 722 g/mol. The lowest BCUT2D eigenvalue weighted by Crippen LogP contribution is -2.56. The van der Waals surface area contributed by atoms with Gasteiger partial charge in [-0.1, -0.05) is 26.0 Å². The number of amides is 4. The van der Waals surface area contributed by atoms with E-state index in [1.54, 1.807) is 86.8 Å². The Morgan fingerprint density at radius 3 is 1.93 bits per heavy atom. The Morgan fingerprint density at radius 2 is 1.36 bits per heavy atom. The fourth-order valence-corrected chi connectivity index (χ4v) is 4.92. The van der Waals surface area contributed by atoms with Crippen LogP contribution in [0, 0.1) is 17.0 Å². The van der Waals surface area contributed by atoms with Crippen LogP contribution in [0.15, 0.2) is 42.5 Å². The van der Waals surface area contributed by atoms with Crippen molar-refractivity contribution in [3.8, 4) is 5.75 Å². The molecule has 0 aromatic heterocycles. The highest BCUT2D eigenvalue weighted by Gasteiger charge is 2.35. The van der Waals surface area contributed by atoms with Crippen LogP contribution in [0.2, 0.25) is 0 Å². The summed E-state index contributed by atoms with van der Waals surface area (Å²) in [5.41, 5.74) is -1.76. The predicted octanol–water partition coefficient (Wildman–Crippen LogP) is 5.10. The van der Waals surface area contributed by atoms with Crippen LogP contribution in [0.1, 0.15) is 79.9 Å². The number of carbonyl (C=O) groups is 5. The number of rotatable bonds is 18. The van der Waals surface area contributed by atoms with Gasteiger partial charge in [0.2, 0.25) is 12.0 Å². The van der Waals surface area contributed by atoms with Crippen molar-refractivity contribution >= 4 is 30.0 Å². The maximum atomic E-state index is 14.5. The van der Waals surface area contributed by atoms with Gasteiger partial charge in [0.15, 0.2) is 0 Å². The summed E-state index contributed by atoms with van der Waals surface area (Å²) in [6.07, 6.45) is -3.73. The highest BCUT2D eigenvalue weighted by molar-refractivity contribution is 5.85. The van der Waals surface area contributed by atoms with Gasteiger partial charge in [-0.3, -0.25) is 14.4 Å². The molecule has 306 valence electrons. The fraction of sp³-hybridized carbons (Fsp3) is 0.564. The summed E-state index contributed by atoms with van der Waals surface area (Å²) in [4.78, 5) is 64.2. The van der Waals surface area contributed by atoms with Gasteiger partial charge in [-0.25, -0.2) is 18.4 Å². The molecule has 2 rings (SSSR count). The van der Waals surface area contributed by atoms with Crippen LogP contribution in [-0.4, -0.2) is 86.2 Å². The largest absolute Gasteiger partial charge is 0.497 e. The van der Waals surface area contributed by atoms with Gasteiger partial charge in [0.25, 0.3) is 5.91 Å². The molecule has 0 fully saturated rings. The number of hydrogen-bond acceptors (Lipinski definition) is 10. The number of benzene rings is 2. The van der Waals surface area contributed by atoms with Crippen molar-refractivity contribution in [1.82, 2.24) is 21.3 Å². The van der Waals surface area contributed by atoms with E-state index < -0.39 is 76.4 Å². The quantitative estimate of drug-likeness (QED) is 0.118. The number of ether oxygens (including phenoxy) is 5. The van der Waals surface area contributed by atoms with Gasteiger partial charge in [0, 0.05) is 32.5 Å². The molecule has 0 aliphatic rings. The molecule has 0 aliphatic carbocycles. The molecule has 14 nitrogen and oxygen atoms in total. The molecule has 0 saturated heterocycles. The third-order valence-electron chi connectivity index (χ3n) is 7.48. The molecule has 0 spiro atoms. The van der Waals surface area contributed by atoms with Gasteiger partial charge in [-0.15, -0.1) is 0 Å². The predicted molar refractivity (Wildman–Crippen MR) is 199 cm³/mol. The minimum atomic E-state index is -1.53. The highest BCUT2D eigenvalue weighted by atomic mass is 19.1. The molecule has 0 radical (unpaired) electrons. The number of alkyl carbamates (subject to hydrolysis) is 2. The zero-order valence-corrected chi connectivity index (χ0v) is 33.4. The maximum Gasteiger partial charge on any atom is 0.408 e. The van der Waals surface area contributed by atoms with E-state index in [2.05, 4.69) is 21.3 Å². The number of methoxy groups -OCH3 is 1. The van der Waals surface area contributed by atoms with Crippen molar-refractivity contribution < 1.29 is 56.4 Å². The van der Waals surface area contributed by atoms with Gasteiger partial charge in [-0.2, -0.15) is 0 Å². The zero-order chi connectivity index (χ0) is 41.6. The first kappa shape index (κ1) is 46.2. The number of esters is 1. The second-order valence-corrected chi connectivity index (χ2v) is 15.8. The van der Waals surface area contributed by atoms with Gasteiger partial charge in [-0.05, 0) is 94.8 Å². The first-order valence-corrected chi connectivity index (χ1v) is 17.8. The number of hydrogen-bond donors (Lipinski definition) is 4. The second-order valence-electron chi connectivity index (χ2n) is 15.8. The van der Waals surface area contributed by atoms with Crippen LogP contribution in [0.5, 0.6) is 5.75 Å². The van der Waals surface area contributed by atoms with Crippen LogP contribution < -0.4 is 26.0 Å². The molecule has 2 aromatic carbocycles. The van der Waals surface area contributed by atoms with Gasteiger partial charge < -0.3 is 45.0 Å². The van der Waals surface area contributed by atoms with E-state index in [1.165, 1.54) is 0 Å². The SMILES string of the molecule is COc1ccc(COC[C@@H](NC(=O)OC(C)(C)C)[C@H](OC(C)=O)C(=O)NCC(C)(C)CNC(=O)C[C@@H](Cc2cc(F)ccc2F)NC(=O)OC(C)(C)C)cc1. The third-order valence-corrected chi connectivity index (χ3v) is 7.48. The summed E-state index contributed by atoms with van der Waals surface area (Å²) in [5, 5.41) is 10.6. The van der Waals surface area contributed by atoms with Crippen LogP contribution >= 0.6 is 0 Å². The Hall–Kier alpha value is -4.99. The Balaban J connectivity index is 2.13. The van der Waals surface area contributed by atoms with E-state index in [1.807, 2.05) is 0 Å². The average molecular weight is 779 g/mol. The fourth-order valence-electron chi connectivity index (χ4n) is 4.92. The molecule has 4 N–H and O–H groups in total. The van der Waals surface area contributed by atoms with E-state index in [9.17, 15) is 32.8 Å². The minimum Gasteiger partial charge on any atom is -0.497 e. The van der Waals surface area contributed by atoms with Crippen LogP contribution in [0.4, 0.5) is 18.4 Å². The molecule has 4 amide bonds. The summed E-state index contributed by atoms with van der Waals surface area (Å²) in [5.74, 6) is -2.78. The first-order chi connectivity index (χ1) is 25.4. The van der Waals surface area contributed by atoms with Crippen molar-refractivity contribution in [3.63, 3.8) is 0 Å². The van der Waals surface area contributed by atoms with Crippen molar-refractivity contribution in [2.45, 2.75) is 111 Å². The second kappa shape index (κ2) is 20.6. The summed E-state index contributed by atoms with van der Waals surface area (Å²) < 4.78 is 55.4. The molecular formula is C39H56F2N4O10. The Kier molecular flexibility index (Phi) is 17.3. The number of carbonyl (C=O) groups excluding carboxylic acids is 5. The van der Waals surface area contributed by atoms with Crippen LogP contribution in [0.3, 0.4) is 0 Å². The first-order valence-electron chi connectivity index (χ1n) is 17.8. The molecule has 0 unspecified atom stereocenters. The topological polar surface area (TPSA) is 180 Å². The molecule has 16 heteroatoms. The number of nitrogens with one attached hydrogen (secondary N) is 4. The summed E-state index contributed by atoms with van der Waals surface area (Å²) in [6, 6.07) is 7.87. The Labute approximate surface area is 321 Å². The molecule has 0 bridgehead atoms. The normalized spacial score (nSPS) is 13.4. The zero-order valence-electron chi connectivity index (χ0n) is 33.4. The van der Waals surface area contributed by atoms with Crippen molar-refractivity contribution in [3.05, 3.63) is 65.2 Å². The third kappa shape index (κ3) is 18.7. The molecule has 3 atom stereocenters. The maximum absolute atomic E-state index is 14.5. The number of halogens is 2. The van der Waals surface area contributed by atoms with E-state index in [0.29, 0.717) is 5.75 Å². The van der Waals surface area contributed by atoms with Gasteiger partial charge >= 0.3 is 18.2 Å². The van der Waals surface area contributed by atoms with Crippen molar-refractivity contribution in [2.75, 3.05) is 26.8 Å².